The van der Waals surface area contributed by atoms with Gasteiger partial charge in [0.1, 0.15) is 5.82 Å². The Morgan fingerprint density at radius 1 is 1.53 bits per heavy atom. The molecule has 0 radical (unpaired) electrons. The number of para-hydroxylation sites is 1. The Labute approximate surface area is 103 Å². The molecule has 0 bridgehead atoms. The Morgan fingerprint density at radius 2 is 2.24 bits per heavy atom. The molecule has 1 aromatic rings. The summed E-state index contributed by atoms with van der Waals surface area (Å²) in [6.07, 6.45) is 2.74. The van der Waals surface area contributed by atoms with E-state index in [1.165, 1.54) is 6.07 Å². The fourth-order valence-corrected chi connectivity index (χ4v) is 1.95. The van der Waals surface area contributed by atoms with Gasteiger partial charge in [-0.2, -0.15) is 0 Å². The van der Waals surface area contributed by atoms with Crippen molar-refractivity contribution < 1.29 is 4.39 Å². The van der Waals surface area contributed by atoms with Crippen LogP contribution in [0.2, 0.25) is 0 Å². The third-order valence-corrected chi connectivity index (χ3v) is 2.67. The Kier molecular flexibility index (Phi) is 5.16. The summed E-state index contributed by atoms with van der Waals surface area (Å²) in [6.45, 7) is 9.09. The van der Waals surface area contributed by atoms with Crippen LogP contribution in [0.25, 0.3) is 0 Å². The van der Waals surface area contributed by atoms with Gasteiger partial charge in [0.2, 0.25) is 0 Å². The first-order valence-corrected chi connectivity index (χ1v) is 6.01. The van der Waals surface area contributed by atoms with Gasteiger partial charge in [-0.15, -0.1) is 6.58 Å². The Balaban J connectivity index is 3.19. The minimum Gasteiger partial charge on any atom is -0.365 e. The van der Waals surface area contributed by atoms with Gasteiger partial charge < -0.3 is 10.6 Å². The topological polar surface area (TPSA) is 29.3 Å². The first-order valence-electron chi connectivity index (χ1n) is 6.01. The van der Waals surface area contributed by atoms with Gasteiger partial charge in [-0.25, -0.2) is 4.39 Å². The van der Waals surface area contributed by atoms with Crippen LogP contribution in [0.5, 0.6) is 0 Å². The zero-order valence-corrected chi connectivity index (χ0v) is 10.6. The molecule has 2 nitrogen and oxygen atoms in total. The van der Waals surface area contributed by atoms with Gasteiger partial charge in [-0.1, -0.05) is 25.1 Å². The fourth-order valence-electron chi connectivity index (χ4n) is 1.95. The predicted octanol–water partition coefficient (Wildman–Crippen LogP) is 3.25. The number of nitrogens with zero attached hydrogens (tertiary/aromatic N) is 1. The van der Waals surface area contributed by atoms with E-state index in [1.807, 2.05) is 17.9 Å². The summed E-state index contributed by atoms with van der Waals surface area (Å²) in [5.41, 5.74) is 7.36. The third-order valence-electron chi connectivity index (χ3n) is 2.67. The molecule has 2 N–H and O–H groups in total. The van der Waals surface area contributed by atoms with Crippen LogP contribution >= 0.6 is 0 Å². The highest BCUT2D eigenvalue weighted by atomic mass is 19.1. The van der Waals surface area contributed by atoms with E-state index in [0.717, 1.165) is 18.5 Å². The second-order valence-electron chi connectivity index (χ2n) is 4.20. The van der Waals surface area contributed by atoms with Gasteiger partial charge in [0.25, 0.3) is 0 Å². The van der Waals surface area contributed by atoms with E-state index in [0.29, 0.717) is 12.2 Å². The van der Waals surface area contributed by atoms with Gasteiger partial charge in [-0.3, -0.25) is 0 Å². The zero-order valence-electron chi connectivity index (χ0n) is 10.6. The standard InChI is InChI=1S/C14H21FN2/c1-4-9-17(10-5-2)14-12(11(3)16)7-6-8-13(14)15/h4,6-8,11H,1,5,9-10,16H2,2-3H3/t11-/m1/s1. The molecule has 0 amide bonds. The zero-order chi connectivity index (χ0) is 12.8. The van der Waals surface area contributed by atoms with Crippen LogP contribution in [0, 0.1) is 5.82 Å². The lowest BCUT2D eigenvalue weighted by molar-refractivity contribution is 0.612. The van der Waals surface area contributed by atoms with E-state index in [9.17, 15) is 4.39 Å². The monoisotopic (exact) mass is 236 g/mol. The first-order chi connectivity index (χ1) is 8.11. The molecule has 1 aromatic carbocycles. The number of benzene rings is 1. The third kappa shape index (κ3) is 3.30. The van der Waals surface area contributed by atoms with Crippen molar-refractivity contribution in [1.82, 2.24) is 0 Å². The maximum absolute atomic E-state index is 14.0. The molecule has 0 aliphatic rings. The van der Waals surface area contributed by atoms with Crippen molar-refractivity contribution in [2.75, 3.05) is 18.0 Å². The lowest BCUT2D eigenvalue weighted by Crippen LogP contribution is -2.27. The molecule has 0 heterocycles. The number of hydrogen-bond acceptors (Lipinski definition) is 2. The molecule has 3 heteroatoms. The van der Waals surface area contributed by atoms with Crippen molar-refractivity contribution in [2.45, 2.75) is 26.3 Å². The van der Waals surface area contributed by atoms with Crippen LogP contribution in [0.3, 0.4) is 0 Å². The summed E-state index contributed by atoms with van der Waals surface area (Å²) in [5.74, 6) is -0.213. The van der Waals surface area contributed by atoms with E-state index in [1.54, 1.807) is 12.1 Å². The van der Waals surface area contributed by atoms with E-state index < -0.39 is 0 Å². The summed E-state index contributed by atoms with van der Waals surface area (Å²) < 4.78 is 14.0. The van der Waals surface area contributed by atoms with Crippen molar-refractivity contribution in [2.24, 2.45) is 5.73 Å². The summed E-state index contributed by atoms with van der Waals surface area (Å²) in [4.78, 5) is 1.99. The Morgan fingerprint density at radius 3 is 2.76 bits per heavy atom. The summed E-state index contributed by atoms with van der Waals surface area (Å²) >= 11 is 0. The van der Waals surface area contributed by atoms with Crippen LogP contribution < -0.4 is 10.6 Å². The van der Waals surface area contributed by atoms with E-state index in [2.05, 4.69) is 13.5 Å². The normalized spacial score (nSPS) is 12.2. The van der Waals surface area contributed by atoms with Crippen LogP contribution in [0.15, 0.2) is 30.9 Å². The van der Waals surface area contributed by atoms with Crippen molar-refractivity contribution in [3.63, 3.8) is 0 Å². The number of halogens is 1. The van der Waals surface area contributed by atoms with E-state index >= 15 is 0 Å². The number of rotatable bonds is 6. The quantitative estimate of drug-likeness (QED) is 0.768. The molecule has 0 fully saturated rings. The van der Waals surface area contributed by atoms with Crippen LogP contribution in [0.4, 0.5) is 10.1 Å². The Bertz CT molecular complexity index is 374. The highest BCUT2D eigenvalue weighted by Gasteiger charge is 2.16. The Hall–Kier alpha value is -1.35. The van der Waals surface area contributed by atoms with E-state index in [-0.39, 0.29) is 11.9 Å². The molecule has 0 saturated carbocycles. The maximum Gasteiger partial charge on any atom is 0.146 e. The number of nitrogens with two attached hydrogens (primary N) is 1. The summed E-state index contributed by atoms with van der Waals surface area (Å²) in [5, 5.41) is 0. The van der Waals surface area contributed by atoms with Crippen molar-refractivity contribution in [1.29, 1.82) is 0 Å². The molecule has 17 heavy (non-hydrogen) atoms. The minimum absolute atomic E-state index is 0.176. The molecule has 0 spiro atoms. The first kappa shape index (κ1) is 13.7. The van der Waals surface area contributed by atoms with Gasteiger partial charge in [0, 0.05) is 19.1 Å². The highest BCUT2D eigenvalue weighted by molar-refractivity contribution is 5.56. The molecule has 1 atom stereocenters. The van der Waals surface area contributed by atoms with Crippen LogP contribution in [0.1, 0.15) is 31.9 Å². The molecule has 0 saturated heterocycles. The maximum atomic E-state index is 14.0. The molecule has 0 aliphatic heterocycles. The predicted molar refractivity (Wildman–Crippen MR) is 71.7 cm³/mol. The van der Waals surface area contributed by atoms with E-state index in [4.69, 9.17) is 5.73 Å². The number of anilines is 1. The van der Waals surface area contributed by atoms with Crippen molar-refractivity contribution in [3.8, 4) is 0 Å². The smallest absolute Gasteiger partial charge is 0.146 e. The lowest BCUT2D eigenvalue weighted by atomic mass is 10.0. The fraction of sp³-hybridized carbons (Fsp3) is 0.429. The molecular formula is C14H21FN2. The van der Waals surface area contributed by atoms with Crippen LogP contribution in [-0.4, -0.2) is 13.1 Å². The van der Waals surface area contributed by atoms with Gasteiger partial charge in [0.15, 0.2) is 0 Å². The highest BCUT2D eigenvalue weighted by Crippen LogP contribution is 2.28. The average molecular weight is 236 g/mol. The molecule has 94 valence electrons. The SMILES string of the molecule is C=CCN(CCC)c1c(F)cccc1[C@@H](C)N. The lowest BCUT2D eigenvalue weighted by Gasteiger charge is -2.27. The summed E-state index contributed by atoms with van der Waals surface area (Å²) in [7, 11) is 0. The molecule has 0 aliphatic carbocycles. The second-order valence-corrected chi connectivity index (χ2v) is 4.20. The number of hydrogen-bond donors (Lipinski definition) is 1. The molecule has 1 rings (SSSR count). The van der Waals surface area contributed by atoms with Gasteiger partial charge in [-0.05, 0) is 25.0 Å². The van der Waals surface area contributed by atoms with Gasteiger partial charge in [0.05, 0.1) is 5.69 Å². The van der Waals surface area contributed by atoms with Gasteiger partial charge >= 0.3 is 0 Å². The summed E-state index contributed by atoms with van der Waals surface area (Å²) in [6, 6.07) is 4.89. The van der Waals surface area contributed by atoms with Crippen LogP contribution in [-0.2, 0) is 0 Å². The van der Waals surface area contributed by atoms with Crippen molar-refractivity contribution in [3.05, 3.63) is 42.2 Å². The van der Waals surface area contributed by atoms with Crippen molar-refractivity contribution >= 4 is 5.69 Å². The second kappa shape index (κ2) is 6.40. The molecule has 0 aromatic heterocycles. The average Bonchev–Trinajstić information content (AvgIpc) is 2.28. The molecule has 0 unspecified atom stereocenters. The largest absolute Gasteiger partial charge is 0.365 e. The minimum atomic E-state index is -0.213. The molecular weight excluding hydrogens is 215 g/mol.